The Hall–Kier alpha value is -2.72. The minimum absolute atomic E-state index is 0.0349. The van der Waals surface area contributed by atoms with Crippen molar-refractivity contribution in [1.29, 1.82) is 0 Å². The highest BCUT2D eigenvalue weighted by Crippen LogP contribution is 2.39. The van der Waals surface area contributed by atoms with Gasteiger partial charge in [0.05, 0.1) is 11.4 Å². The predicted molar refractivity (Wildman–Crippen MR) is 137 cm³/mol. The molecule has 0 amide bonds. The average molecular weight is 429 g/mol. The van der Waals surface area contributed by atoms with Crippen LogP contribution in [0.3, 0.4) is 0 Å². The molecule has 168 valence electrons. The standard InChI is InChI=1S/C28H36N4/c1-18(2)19(3)13-23(29-8)24-14-25(20-9-10-20)32-17-21(11-12-26(32)30-24)22-15-27(4,5)31-28(6,7)16-22/h11-15,17,31H,1,9-10,16H2,2-8H3/b19-13+,29-23?. The monoisotopic (exact) mass is 428 g/mol. The van der Waals surface area contributed by atoms with Crippen LogP contribution < -0.4 is 5.32 Å². The van der Waals surface area contributed by atoms with E-state index in [1.807, 2.05) is 14.0 Å². The summed E-state index contributed by atoms with van der Waals surface area (Å²) >= 11 is 0. The zero-order valence-corrected chi connectivity index (χ0v) is 20.6. The third-order valence-electron chi connectivity index (χ3n) is 6.29. The maximum atomic E-state index is 4.99. The summed E-state index contributed by atoms with van der Waals surface area (Å²) in [7, 11) is 1.83. The molecule has 0 aromatic heterocycles. The van der Waals surface area contributed by atoms with Crippen LogP contribution in [0.25, 0.3) is 0 Å². The van der Waals surface area contributed by atoms with Crippen LogP contribution in [-0.2, 0) is 0 Å². The highest BCUT2D eigenvalue weighted by Gasteiger charge is 2.34. The van der Waals surface area contributed by atoms with Gasteiger partial charge in [-0.15, -0.1) is 0 Å². The van der Waals surface area contributed by atoms with Gasteiger partial charge in [0.25, 0.3) is 0 Å². The number of rotatable bonds is 4. The summed E-state index contributed by atoms with van der Waals surface area (Å²) in [4.78, 5) is 11.8. The van der Waals surface area contributed by atoms with Gasteiger partial charge < -0.3 is 10.2 Å². The third kappa shape index (κ3) is 4.71. The first-order chi connectivity index (χ1) is 15.0. The molecule has 1 N–H and O–H groups in total. The number of hydrogen-bond acceptors (Lipinski definition) is 4. The molecule has 32 heavy (non-hydrogen) atoms. The predicted octanol–water partition coefficient (Wildman–Crippen LogP) is 6.16. The summed E-state index contributed by atoms with van der Waals surface area (Å²) in [5, 5.41) is 3.73. The van der Waals surface area contributed by atoms with Gasteiger partial charge >= 0.3 is 0 Å². The fourth-order valence-electron chi connectivity index (χ4n) is 4.73. The highest BCUT2D eigenvalue weighted by atomic mass is 15.2. The van der Waals surface area contributed by atoms with E-state index >= 15 is 0 Å². The molecule has 0 bridgehead atoms. The van der Waals surface area contributed by atoms with Crippen molar-refractivity contribution in [2.45, 2.75) is 71.9 Å². The van der Waals surface area contributed by atoms with Crippen LogP contribution in [0.5, 0.6) is 0 Å². The topological polar surface area (TPSA) is 40.0 Å². The van der Waals surface area contributed by atoms with Gasteiger partial charge in [-0.25, -0.2) is 4.99 Å². The van der Waals surface area contributed by atoms with Gasteiger partial charge in [-0.1, -0.05) is 18.2 Å². The molecule has 0 unspecified atom stereocenters. The number of allylic oxidation sites excluding steroid dienone is 7. The first kappa shape index (κ1) is 22.5. The van der Waals surface area contributed by atoms with Crippen molar-refractivity contribution in [2.24, 2.45) is 9.98 Å². The molecule has 0 radical (unpaired) electrons. The van der Waals surface area contributed by atoms with E-state index in [2.05, 4.69) is 93.0 Å². The second-order valence-corrected chi connectivity index (χ2v) is 10.6. The fourth-order valence-corrected chi connectivity index (χ4v) is 4.73. The van der Waals surface area contributed by atoms with Crippen LogP contribution in [0.15, 0.2) is 92.4 Å². The molecular formula is C28H36N4. The molecule has 4 nitrogen and oxygen atoms in total. The third-order valence-corrected chi connectivity index (χ3v) is 6.29. The summed E-state index contributed by atoms with van der Waals surface area (Å²) < 4.78 is 0. The molecule has 0 atom stereocenters. The Bertz CT molecular complexity index is 1100. The molecule has 0 aromatic carbocycles. The average Bonchev–Trinajstić information content (AvgIpc) is 3.53. The molecule has 0 spiro atoms. The molecule has 1 fully saturated rings. The first-order valence-electron chi connectivity index (χ1n) is 11.5. The van der Waals surface area contributed by atoms with Crippen LogP contribution in [0.1, 0.15) is 60.8 Å². The minimum Gasteiger partial charge on any atom is -0.303 e. The van der Waals surface area contributed by atoms with Crippen molar-refractivity contribution in [3.8, 4) is 0 Å². The van der Waals surface area contributed by atoms with Gasteiger partial charge in [0.1, 0.15) is 5.84 Å². The van der Waals surface area contributed by atoms with Gasteiger partial charge in [0.2, 0.25) is 0 Å². The Kier molecular flexibility index (Phi) is 5.62. The number of fused-ring (bicyclic) bond motifs is 1. The number of aliphatic imine (C=N–C) groups is 2. The highest BCUT2D eigenvalue weighted by molar-refractivity contribution is 6.12. The molecular weight excluding hydrogens is 392 g/mol. The summed E-state index contributed by atoms with van der Waals surface area (Å²) in [5.41, 5.74) is 9.39. The summed E-state index contributed by atoms with van der Waals surface area (Å²) in [5.74, 6) is 0.955. The fraction of sp³-hybridized carbons (Fsp3) is 0.429. The molecule has 1 aliphatic carbocycles. The Morgan fingerprint density at radius 2 is 1.91 bits per heavy atom. The van der Waals surface area contributed by atoms with Gasteiger partial charge in [0, 0.05) is 30.0 Å². The quantitative estimate of drug-likeness (QED) is 0.430. The van der Waals surface area contributed by atoms with Crippen molar-refractivity contribution in [2.75, 3.05) is 7.05 Å². The number of nitrogens with zero attached hydrogens (tertiary/aromatic N) is 3. The molecule has 0 saturated heterocycles. The smallest absolute Gasteiger partial charge is 0.137 e. The van der Waals surface area contributed by atoms with Crippen LogP contribution in [-0.4, -0.2) is 34.6 Å². The molecule has 4 heteroatoms. The van der Waals surface area contributed by atoms with E-state index in [9.17, 15) is 0 Å². The van der Waals surface area contributed by atoms with Gasteiger partial charge in [-0.05, 0) is 107 Å². The van der Waals surface area contributed by atoms with Crippen LogP contribution in [0.4, 0.5) is 0 Å². The second kappa shape index (κ2) is 8.00. The number of hydrogen-bond donors (Lipinski definition) is 1. The number of nitrogens with one attached hydrogen (secondary N) is 1. The van der Waals surface area contributed by atoms with Crippen molar-refractivity contribution in [3.05, 3.63) is 82.4 Å². The zero-order valence-electron chi connectivity index (χ0n) is 20.6. The summed E-state index contributed by atoms with van der Waals surface area (Å²) in [6.45, 7) is 17.2. The lowest BCUT2D eigenvalue weighted by Crippen LogP contribution is -2.54. The number of amidine groups is 1. The Labute approximate surface area is 193 Å². The van der Waals surface area contributed by atoms with E-state index in [4.69, 9.17) is 4.99 Å². The van der Waals surface area contributed by atoms with Crippen molar-refractivity contribution in [1.82, 2.24) is 10.2 Å². The maximum Gasteiger partial charge on any atom is 0.137 e. The molecule has 0 aromatic rings. The largest absolute Gasteiger partial charge is 0.303 e. The SMILES string of the molecule is C=C(C)/C(C)=C/C(=NC)C1=CC(=C2CC2)N2C=C(C3=CC(C)(C)NC(C)(C)C3)C=CC2=N1. The lowest BCUT2D eigenvalue weighted by molar-refractivity contribution is 0.285. The van der Waals surface area contributed by atoms with E-state index in [0.717, 1.165) is 47.7 Å². The molecule has 3 aliphatic heterocycles. The van der Waals surface area contributed by atoms with Crippen molar-refractivity contribution < 1.29 is 0 Å². The van der Waals surface area contributed by atoms with Crippen LogP contribution in [0, 0.1) is 0 Å². The van der Waals surface area contributed by atoms with Crippen molar-refractivity contribution >= 4 is 11.5 Å². The van der Waals surface area contributed by atoms with Crippen LogP contribution >= 0.6 is 0 Å². The Morgan fingerprint density at radius 3 is 2.50 bits per heavy atom. The maximum absolute atomic E-state index is 4.99. The van der Waals surface area contributed by atoms with Gasteiger partial charge in [0.15, 0.2) is 0 Å². The lowest BCUT2D eigenvalue weighted by atomic mass is 9.80. The second-order valence-electron chi connectivity index (χ2n) is 10.6. The lowest BCUT2D eigenvalue weighted by Gasteiger charge is -2.42. The van der Waals surface area contributed by atoms with E-state index < -0.39 is 0 Å². The zero-order chi connectivity index (χ0) is 23.3. The summed E-state index contributed by atoms with van der Waals surface area (Å²) in [6.07, 6.45) is 16.6. The summed E-state index contributed by atoms with van der Waals surface area (Å²) in [6, 6.07) is 0. The van der Waals surface area contributed by atoms with Gasteiger partial charge in [-0.2, -0.15) is 0 Å². The van der Waals surface area contributed by atoms with Gasteiger partial charge in [-0.3, -0.25) is 4.99 Å². The van der Waals surface area contributed by atoms with E-state index in [-0.39, 0.29) is 11.1 Å². The Balaban J connectivity index is 1.71. The van der Waals surface area contributed by atoms with E-state index in [0.29, 0.717) is 0 Å². The molecule has 3 heterocycles. The normalized spacial score (nSPS) is 24.4. The molecule has 4 rings (SSSR count). The molecule has 4 aliphatic rings. The van der Waals surface area contributed by atoms with Crippen LogP contribution in [0.2, 0.25) is 0 Å². The first-order valence-corrected chi connectivity index (χ1v) is 11.5. The Morgan fingerprint density at radius 1 is 1.19 bits per heavy atom. The van der Waals surface area contributed by atoms with E-state index in [1.54, 1.807) is 0 Å². The molecule has 1 saturated carbocycles. The minimum atomic E-state index is -0.0349. The van der Waals surface area contributed by atoms with E-state index in [1.165, 1.54) is 22.4 Å². The van der Waals surface area contributed by atoms with Crippen molar-refractivity contribution in [3.63, 3.8) is 0 Å².